The lowest BCUT2D eigenvalue weighted by molar-refractivity contribution is -0.137. The van der Waals surface area contributed by atoms with Crippen molar-refractivity contribution >= 4 is 17.5 Å². The van der Waals surface area contributed by atoms with Gasteiger partial charge < -0.3 is 15.7 Å². The van der Waals surface area contributed by atoms with Gasteiger partial charge in [0.15, 0.2) is 0 Å². The number of carbonyl (C=O) groups excluding carboxylic acids is 2. The molecule has 1 atom stereocenters. The molecule has 0 aromatic heterocycles. The van der Waals surface area contributed by atoms with Crippen LogP contribution in [0.15, 0.2) is 48.5 Å². The number of rotatable bonds is 5. The maximum absolute atomic E-state index is 12.5. The molecule has 3 N–H and O–H groups in total. The van der Waals surface area contributed by atoms with E-state index in [-0.39, 0.29) is 12.1 Å². The summed E-state index contributed by atoms with van der Waals surface area (Å²) in [5.74, 6) is -1.85. The molecule has 27 heavy (non-hydrogen) atoms. The summed E-state index contributed by atoms with van der Waals surface area (Å²) in [6.45, 7) is 1.60. The molecule has 2 aromatic carbocycles. The molecule has 8 heteroatoms. The Morgan fingerprint density at radius 1 is 1.04 bits per heavy atom. The fraction of sp³-hybridized carbons (Fsp3) is 0.263. The van der Waals surface area contributed by atoms with Gasteiger partial charge in [0, 0.05) is 12.2 Å². The maximum atomic E-state index is 12.5. The maximum Gasteiger partial charge on any atom is 0.416 e. The molecule has 0 aliphatic carbocycles. The van der Waals surface area contributed by atoms with Crippen LogP contribution in [0.25, 0.3) is 0 Å². The van der Waals surface area contributed by atoms with Gasteiger partial charge in [0.1, 0.15) is 0 Å². The number of carbonyl (C=O) groups is 2. The Morgan fingerprint density at radius 2 is 1.67 bits per heavy atom. The summed E-state index contributed by atoms with van der Waals surface area (Å²) < 4.78 is 37.6. The van der Waals surface area contributed by atoms with Crippen molar-refractivity contribution in [3.8, 4) is 0 Å². The van der Waals surface area contributed by atoms with E-state index in [0.29, 0.717) is 12.1 Å². The summed E-state index contributed by atoms with van der Waals surface area (Å²) in [6, 6.07) is 11.0. The molecule has 2 amide bonds. The second kappa shape index (κ2) is 8.68. The van der Waals surface area contributed by atoms with Crippen molar-refractivity contribution in [1.29, 1.82) is 0 Å². The summed E-state index contributed by atoms with van der Waals surface area (Å²) in [6.07, 6.45) is -5.04. The number of para-hydroxylation sites is 1. The van der Waals surface area contributed by atoms with E-state index in [0.717, 1.165) is 29.8 Å². The molecule has 0 saturated heterocycles. The minimum absolute atomic E-state index is 0.194. The predicted molar refractivity (Wildman–Crippen MR) is 93.9 cm³/mol. The standard InChI is InChI=1S/C19H19F3N2O3/c1-2-12-5-3-4-6-15(12)24-18(27)17(26)23-11-16(25)13-7-9-14(10-8-13)19(20,21)22/h3-10,16,25H,2,11H2,1H3,(H,23,26)(H,24,27). The Balaban J connectivity index is 1.91. The average molecular weight is 380 g/mol. The smallest absolute Gasteiger partial charge is 0.387 e. The summed E-state index contributed by atoms with van der Waals surface area (Å²) in [5.41, 5.74) is 0.739. The fourth-order valence-corrected chi connectivity index (χ4v) is 2.41. The third kappa shape index (κ3) is 5.55. The Hall–Kier alpha value is -2.87. The number of aliphatic hydroxyl groups excluding tert-OH is 1. The number of alkyl halides is 3. The number of anilines is 1. The number of nitrogens with one attached hydrogen (secondary N) is 2. The second-order valence-corrected chi connectivity index (χ2v) is 5.81. The first-order valence-electron chi connectivity index (χ1n) is 8.24. The lowest BCUT2D eigenvalue weighted by Crippen LogP contribution is -2.37. The lowest BCUT2D eigenvalue weighted by atomic mass is 10.1. The topological polar surface area (TPSA) is 78.4 Å². The molecule has 0 fully saturated rings. The van der Waals surface area contributed by atoms with Gasteiger partial charge >= 0.3 is 18.0 Å². The number of amides is 2. The van der Waals surface area contributed by atoms with E-state index in [1.165, 1.54) is 0 Å². The first-order valence-corrected chi connectivity index (χ1v) is 8.24. The van der Waals surface area contributed by atoms with E-state index in [1.807, 2.05) is 19.1 Å². The summed E-state index contributed by atoms with van der Waals surface area (Å²) in [7, 11) is 0. The van der Waals surface area contributed by atoms with Crippen LogP contribution >= 0.6 is 0 Å². The van der Waals surface area contributed by atoms with Gasteiger partial charge in [0.05, 0.1) is 11.7 Å². The number of halogens is 3. The minimum Gasteiger partial charge on any atom is -0.387 e. The van der Waals surface area contributed by atoms with Crippen molar-refractivity contribution in [3.63, 3.8) is 0 Å². The lowest BCUT2D eigenvalue weighted by Gasteiger charge is -2.14. The first kappa shape index (κ1) is 20.4. The van der Waals surface area contributed by atoms with Crippen molar-refractivity contribution in [3.05, 3.63) is 65.2 Å². The Bertz CT molecular complexity index is 805. The van der Waals surface area contributed by atoms with Crippen LogP contribution in [0.5, 0.6) is 0 Å². The van der Waals surface area contributed by atoms with E-state index >= 15 is 0 Å². The van der Waals surface area contributed by atoms with E-state index < -0.39 is 29.7 Å². The largest absolute Gasteiger partial charge is 0.416 e. The van der Waals surface area contributed by atoms with Crippen LogP contribution in [0.4, 0.5) is 18.9 Å². The number of hydrogen-bond donors (Lipinski definition) is 3. The van der Waals surface area contributed by atoms with Crippen molar-refractivity contribution in [2.24, 2.45) is 0 Å². The fourth-order valence-electron chi connectivity index (χ4n) is 2.41. The molecule has 0 bridgehead atoms. The first-order chi connectivity index (χ1) is 12.7. The number of benzene rings is 2. The van der Waals surface area contributed by atoms with Gasteiger partial charge in [-0.2, -0.15) is 13.2 Å². The van der Waals surface area contributed by atoms with Gasteiger partial charge in [-0.1, -0.05) is 37.3 Å². The Kier molecular flexibility index (Phi) is 6.57. The summed E-state index contributed by atoms with van der Waals surface area (Å²) >= 11 is 0. The molecule has 2 rings (SSSR count). The van der Waals surface area contributed by atoms with E-state index in [9.17, 15) is 27.9 Å². The van der Waals surface area contributed by atoms with Gasteiger partial charge in [0.2, 0.25) is 0 Å². The van der Waals surface area contributed by atoms with Crippen LogP contribution in [-0.2, 0) is 22.2 Å². The normalized spacial score (nSPS) is 12.3. The number of hydrogen-bond acceptors (Lipinski definition) is 3. The molecule has 0 aliphatic heterocycles. The van der Waals surface area contributed by atoms with Gasteiger partial charge in [0.25, 0.3) is 0 Å². The third-order valence-corrected chi connectivity index (χ3v) is 3.93. The SMILES string of the molecule is CCc1ccccc1NC(=O)C(=O)NCC(O)c1ccc(C(F)(F)F)cc1. The second-order valence-electron chi connectivity index (χ2n) is 5.81. The van der Waals surface area contributed by atoms with Crippen LogP contribution in [-0.4, -0.2) is 23.5 Å². The van der Waals surface area contributed by atoms with Crippen LogP contribution in [0.2, 0.25) is 0 Å². The molecule has 144 valence electrons. The van der Waals surface area contributed by atoms with Gasteiger partial charge in [-0.15, -0.1) is 0 Å². The quantitative estimate of drug-likeness (QED) is 0.698. The van der Waals surface area contributed by atoms with E-state index in [2.05, 4.69) is 10.6 Å². The molecule has 0 saturated carbocycles. The highest BCUT2D eigenvalue weighted by atomic mass is 19.4. The zero-order valence-corrected chi connectivity index (χ0v) is 14.5. The molecular weight excluding hydrogens is 361 g/mol. The third-order valence-electron chi connectivity index (χ3n) is 3.93. The van der Waals surface area contributed by atoms with Crippen LogP contribution < -0.4 is 10.6 Å². The molecule has 2 aromatic rings. The monoisotopic (exact) mass is 380 g/mol. The molecule has 0 spiro atoms. The zero-order chi connectivity index (χ0) is 20.0. The highest BCUT2D eigenvalue weighted by Crippen LogP contribution is 2.29. The molecular formula is C19H19F3N2O3. The van der Waals surface area contributed by atoms with Gasteiger partial charge in [-0.3, -0.25) is 9.59 Å². The van der Waals surface area contributed by atoms with Crippen molar-refractivity contribution in [2.45, 2.75) is 25.6 Å². The number of aryl methyl sites for hydroxylation is 1. The summed E-state index contributed by atoms with van der Waals surface area (Å²) in [5, 5.41) is 14.7. The Labute approximate surface area is 154 Å². The highest BCUT2D eigenvalue weighted by Gasteiger charge is 2.30. The summed E-state index contributed by atoms with van der Waals surface area (Å²) in [4.78, 5) is 23.8. The highest BCUT2D eigenvalue weighted by molar-refractivity contribution is 6.39. The van der Waals surface area contributed by atoms with E-state index in [1.54, 1.807) is 12.1 Å². The van der Waals surface area contributed by atoms with Crippen LogP contribution in [0.1, 0.15) is 29.7 Å². The molecule has 0 aliphatic rings. The molecule has 5 nitrogen and oxygen atoms in total. The Morgan fingerprint density at radius 3 is 2.26 bits per heavy atom. The predicted octanol–water partition coefficient (Wildman–Crippen LogP) is 3.06. The molecule has 1 unspecified atom stereocenters. The van der Waals surface area contributed by atoms with Crippen LogP contribution in [0, 0.1) is 0 Å². The zero-order valence-electron chi connectivity index (χ0n) is 14.5. The van der Waals surface area contributed by atoms with Crippen LogP contribution in [0.3, 0.4) is 0 Å². The van der Waals surface area contributed by atoms with Crippen molar-refractivity contribution in [1.82, 2.24) is 5.32 Å². The van der Waals surface area contributed by atoms with Crippen molar-refractivity contribution < 1.29 is 27.9 Å². The van der Waals surface area contributed by atoms with Crippen molar-refractivity contribution in [2.75, 3.05) is 11.9 Å². The minimum atomic E-state index is -4.47. The van der Waals surface area contributed by atoms with Gasteiger partial charge in [-0.25, -0.2) is 0 Å². The average Bonchev–Trinajstić information content (AvgIpc) is 2.65. The van der Waals surface area contributed by atoms with E-state index in [4.69, 9.17) is 0 Å². The van der Waals surface area contributed by atoms with Gasteiger partial charge in [-0.05, 0) is 35.7 Å². The molecule has 0 radical (unpaired) electrons. The number of aliphatic hydroxyl groups is 1. The molecule has 0 heterocycles.